The van der Waals surface area contributed by atoms with Crippen LogP contribution in [0, 0.1) is 12.8 Å². The fraction of sp³-hybridized carbons (Fsp3) is 0.583. The smallest absolute Gasteiger partial charge is 0.129 e. The van der Waals surface area contributed by atoms with E-state index in [0.717, 1.165) is 23.9 Å². The predicted octanol–water partition coefficient (Wildman–Crippen LogP) is 2.51. The van der Waals surface area contributed by atoms with Gasteiger partial charge < -0.3 is 5.73 Å². The first-order valence-corrected chi connectivity index (χ1v) is 5.58. The SMILES string of the molecule is Cc1nn(C)c(N)c1C1=CCCC(C)C1. The summed E-state index contributed by atoms with van der Waals surface area (Å²) in [6.45, 7) is 4.33. The molecule has 82 valence electrons. The fourth-order valence-corrected chi connectivity index (χ4v) is 2.38. The van der Waals surface area contributed by atoms with Gasteiger partial charge in [0.1, 0.15) is 5.82 Å². The number of hydrogen-bond acceptors (Lipinski definition) is 2. The van der Waals surface area contributed by atoms with Crippen LogP contribution in [0.1, 0.15) is 37.4 Å². The minimum Gasteiger partial charge on any atom is -0.383 e. The molecule has 0 bridgehead atoms. The van der Waals surface area contributed by atoms with Crippen LogP contribution in [-0.4, -0.2) is 9.78 Å². The molecule has 0 spiro atoms. The lowest BCUT2D eigenvalue weighted by Crippen LogP contribution is -2.05. The molecule has 0 aromatic carbocycles. The van der Waals surface area contributed by atoms with E-state index in [1.807, 2.05) is 14.0 Å². The Bertz CT molecular complexity index is 401. The van der Waals surface area contributed by atoms with Crippen molar-refractivity contribution in [2.24, 2.45) is 13.0 Å². The van der Waals surface area contributed by atoms with Crippen molar-refractivity contribution in [1.82, 2.24) is 9.78 Å². The standard InChI is InChI=1S/C12H19N3/c1-8-5-4-6-10(7-8)11-9(2)14-15(3)12(11)13/h6,8H,4-5,7,13H2,1-3H3. The summed E-state index contributed by atoms with van der Waals surface area (Å²) in [6.07, 6.45) is 5.92. The molecule has 1 aromatic heterocycles. The molecule has 3 heteroatoms. The van der Waals surface area contributed by atoms with E-state index in [2.05, 4.69) is 18.1 Å². The van der Waals surface area contributed by atoms with Gasteiger partial charge in [0.2, 0.25) is 0 Å². The Labute approximate surface area is 91.0 Å². The third-order valence-electron chi connectivity index (χ3n) is 3.21. The Morgan fingerprint density at radius 1 is 1.53 bits per heavy atom. The monoisotopic (exact) mass is 205 g/mol. The van der Waals surface area contributed by atoms with Crippen LogP contribution in [0.4, 0.5) is 5.82 Å². The lowest BCUT2D eigenvalue weighted by molar-refractivity contribution is 0.536. The second kappa shape index (κ2) is 3.72. The van der Waals surface area contributed by atoms with Crippen LogP contribution in [-0.2, 0) is 7.05 Å². The van der Waals surface area contributed by atoms with Crippen LogP contribution in [0.2, 0.25) is 0 Å². The summed E-state index contributed by atoms with van der Waals surface area (Å²) in [6, 6.07) is 0. The molecular weight excluding hydrogens is 186 g/mol. The van der Waals surface area contributed by atoms with Crippen molar-refractivity contribution < 1.29 is 0 Å². The van der Waals surface area contributed by atoms with Crippen LogP contribution < -0.4 is 5.73 Å². The molecule has 0 amide bonds. The van der Waals surface area contributed by atoms with Crippen molar-refractivity contribution in [2.75, 3.05) is 5.73 Å². The van der Waals surface area contributed by atoms with E-state index in [-0.39, 0.29) is 0 Å². The van der Waals surface area contributed by atoms with Crippen molar-refractivity contribution in [1.29, 1.82) is 0 Å². The van der Waals surface area contributed by atoms with Gasteiger partial charge in [0.05, 0.1) is 5.69 Å². The minimum absolute atomic E-state index is 0.768. The number of nitrogen functional groups attached to an aromatic ring is 1. The van der Waals surface area contributed by atoms with Gasteiger partial charge in [-0.05, 0) is 37.7 Å². The van der Waals surface area contributed by atoms with Gasteiger partial charge in [0.25, 0.3) is 0 Å². The van der Waals surface area contributed by atoms with Crippen molar-refractivity contribution >= 4 is 11.4 Å². The van der Waals surface area contributed by atoms with Gasteiger partial charge in [0.15, 0.2) is 0 Å². The van der Waals surface area contributed by atoms with Crippen molar-refractivity contribution in [3.05, 3.63) is 17.3 Å². The van der Waals surface area contributed by atoms with Gasteiger partial charge >= 0.3 is 0 Å². The molecule has 0 radical (unpaired) electrons. The lowest BCUT2D eigenvalue weighted by atomic mass is 9.86. The number of rotatable bonds is 1. The van der Waals surface area contributed by atoms with Gasteiger partial charge in [0, 0.05) is 12.6 Å². The van der Waals surface area contributed by atoms with E-state index < -0.39 is 0 Å². The Morgan fingerprint density at radius 2 is 2.27 bits per heavy atom. The highest BCUT2D eigenvalue weighted by Crippen LogP contribution is 2.34. The molecule has 2 N–H and O–H groups in total. The second-order valence-electron chi connectivity index (χ2n) is 4.59. The summed E-state index contributed by atoms with van der Waals surface area (Å²) in [5.74, 6) is 1.57. The average molecular weight is 205 g/mol. The van der Waals surface area contributed by atoms with Crippen LogP contribution in [0.25, 0.3) is 5.57 Å². The van der Waals surface area contributed by atoms with Gasteiger partial charge in [-0.25, -0.2) is 0 Å². The molecule has 0 saturated heterocycles. The Balaban J connectivity index is 2.41. The molecule has 1 unspecified atom stereocenters. The third kappa shape index (κ3) is 1.78. The number of aromatic nitrogens is 2. The largest absolute Gasteiger partial charge is 0.383 e. The zero-order valence-electron chi connectivity index (χ0n) is 9.75. The summed E-state index contributed by atoms with van der Waals surface area (Å²) in [7, 11) is 1.90. The molecule has 1 aliphatic rings. The lowest BCUT2D eigenvalue weighted by Gasteiger charge is -2.19. The molecule has 1 atom stereocenters. The van der Waals surface area contributed by atoms with E-state index in [4.69, 9.17) is 5.73 Å². The summed E-state index contributed by atoms with van der Waals surface area (Å²) in [5, 5.41) is 4.36. The summed E-state index contributed by atoms with van der Waals surface area (Å²) >= 11 is 0. The summed E-state index contributed by atoms with van der Waals surface area (Å²) < 4.78 is 1.77. The highest BCUT2D eigenvalue weighted by molar-refractivity contribution is 5.75. The maximum Gasteiger partial charge on any atom is 0.129 e. The third-order valence-corrected chi connectivity index (χ3v) is 3.21. The number of aryl methyl sites for hydroxylation is 2. The molecule has 1 aliphatic carbocycles. The van der Waals surface area contributed by atoms with Crippen molar-refractivity contribution in [3.8, 4) is 0 Å². The van der Waals surface area contributed by atoms with Gasteiger partial charge in [-0.1, -0.05) is 13.0 Å². The van der Waals surface area contributed by atoms with Crippen LogP contribution >= 0.6 is 0 Å². The van der Waals surface area contributed by atoms with Gasteiger partial charge in [-0.2, -0.15) is 5.10 Å². The minimum atomic E-state index is 0.768. The first kappa shape index (κ1) is 10.3. The number of hydrogen-bond donors (Lipinski definition) is 1. The second-order valence-corrected chi connectivity index (χ2v) is 4.59. The first-order valence-electron chi connectivity index (χ1n) is 5.58. The molecule has 0 aliphatic heterocycles. The fourth-order valence-electron chi connectivity index (χ4n) is 2.38. The molecule has 3 nitrogen and oxygen atoms in total. The van der Waals surface area contributed by atoms with Crippen LogP contribution in [0.3, 0.4) is 0 Å². The normalized spacial score (nSPS) is 21.5. The van der Waals surface area contributed by atoms with Crippen LogP contribution in [0.15, 0.2) is 6.08 Å². The Morgan fingerprint density at radius 3 is 2.80 bits per heavy atom. The number of allylic oxidation sites excluding steroid dienone is 2. The maximum absolute atomic E-state index is 6.04. The van der Waals surface area contributed by atoms with E-state index in [1.165, 1.54) is 24.0 Å². The molecule has 1 aromatic rings. The van der Waals surface area contributed by atoms with Crippen molar-refractivity contribution in [3.63, 3.8) is 0 Å². The molecule has 1 heterocycles. The van der Waals surface area contributed by atoms with Gasteiger partial charge in [-0.3, -0.25) is 4.68 Å². The zero-order valence-corrected chi connectivity index (χ0v) is 9.75. The maximum atomic E-state index is 6.04. The van der Waals surface area contributed by atoms with E-state index in [0.29, 0.717) is 0 Å². The molecule has 15 heavy (non-hydrogen) atoms. The predicted molar refractivity (Wildman–Crippen MR) is 63.3 cm³/mol. The molecule has 0 saturated carbocycles. The van der Waals surface area contributed by atoms with E-state index >= 15 is 0 Å². The van der Waals surface area contributed by atoms with Crippen LogP contribution in [0.5, 0.6) is 0 Å². The molecule has 2 rings (SSSR count). The number of nitrogens with zero attached hydrogens (tertiary/aromatic N) is 2. The Hall–Kier alpha value is -1.25. The molecular formula is C12H19N3. The Kier molecular flexibility index (Phi) is 2.55. The van der Waals surface area contributed by atoms with Crippen molar-refractivity contribution in [2.45, 2.75) is 33.1 Å². The van der Waals surface area contributed by atoms with E-state index in [1.54, 1.807) is 4.68 Å². The number of nitrogens with two attached hydrogens (primary N) is 1. The quantitative estimate of drug-likeness (QED) is 0.765. The highest BCUT2D eigenvalue weighted by Gasteiger charge is 2.19. The molecule has 0 fully saturated rings. The zero-order chi connectivity index (χ0) is 11.0. The highest BCUT2D eigenvalue weighted by atomic mass is 15.3. The topological polar surface area (TPSA) is 43.8 Å². The van der Waals surface area contributed by atoms with E-state index in [9.17, 15) is 0 Å². The first-order chi connectivity index (χ1) is 7.09. The average Bonchev–Trinajstić information content (AvgIpc) is 2.41. The van der Waals surface area contributed by atoms with Gasteiger partial charge in [-0.15, -0.1) is 0 Å². The summed E-state index contributed by atoms with van der Waals surface area (Å²) in [4.78, 5) is 0. The summed E-state index contributed by atoms with van der Waals surface area (Å²) in [5.41, 5.74) is 9.65. The number of anilines is 1.